The van der Waals surface area contributed by atoms with Gasteiger partial charge in [-0.25, -0.2) is 17.2 Å². The lowest BCUT2D eigenvalue weighted by atomic mass is 9.72. The Hall–Kier alpha value is -5.27. The Labute approximate surface area is 328 Å². The molecule has 0 saturated carbocycles. The van der Waals surface area contributed by atoms with Crippen molar-refractivity contribution in [2.24, 2.45) is 18.4 Å². The molecule has 0 radical (unpaired) electrons. The zero-order valence-electron chi connectivity index (χ0n) is 32.7. The van der Waals surface area contributed by atoms with Crippen molar-refractivity contribution in [3.05, 3.63) is 101 Å². The van der Waals surface area contributed by atoms with Crippen molar-refractivity contribution in [2.45, 2.75) is 51.0 Å². The number of hydrogen-bond donors (Lipinski definition) is 1. The summed E-state index contributed by atoms with van der Waals surface area (Å²) in [6.07, 6.45) is 4.93. The molecule has 294 valence electrons. The van der Waals surface area contributed by atoms with Gasteiger partial charge in [-0.15, -0.1) is 0 Å². The van der Waals surface area contributed by atoms with Crippen LogP contribution in [0.2, 0.25) is 0 Å². The Kier molecular flexibility index (Phi) is 9.43. The molecule has 13 heteroatoms. The van der Waals surface area contributed by atoms with Gasteiger partial charge in [-0.05, 0) is 95.0 Å². The van der Waals surface area contributed by atoms with Crippen molar-refractivity contribution in [2.75, 3.05) is 56.4 Å². The molecule has 1 amide bonds. The minimum absolute atomic E-state index is 0.0470. The first kappa shape index (κ1) is 37.6. The van der Waals surface area contributed by atoms with Crippen molar-refractivity contribution < 1.29 is 22.7 Å². The fourth-order valence-electron chi connectivity index (χ4n) is 8.45. The van der Waals surface area contributed by atoms with Crippen LogP contribution in [0.4, 0.5) is 16.2 Å². The number of nitrogens with two attached hydrogens (primary N) is 1. The molecule has 3 aromatic carbocycles. The third-order valence-electron chi connectivity index (χ3n) is 11.2. The Bertz CT molecular complexity index is 2460. The molecule has 8 rings (SSSR count). The molecule has 3 aliphatic heterocycles. The van der Waals surface area contributed by atoms with Gasteiger partial charge in [-0.2, -0.15) is 0 Å². The van der Waals surface area contributed by atoms with E-state index in [0.717, 1.165) is 73.9 Å². The van der Waals surface area contributed by atoms with Gasteiger partial charge in [0.2, 0.25) is 0 Å². The van der Waals surface area contributed by atoms with E-state index in [-0.39, 0.29) is 16.5 Å². The number of amides is 1. The highest BCUT2D eigenvalue weighted by molar-refractivity contribution is 7.90. The van der Waals surface area contributed by atoms with Crippen LogP contribution < -0.4 is 20.9 Å². The Morgan fingerprint density at radius 3 is 2.34 bits per heavy atom. The van der Waals surface area contributed by atoms with E-state index in [1.165, 1.54) is 10.8 Å². The van der Waals surface area contributed by atoms with Gasteiger partial charge in [-0.1, -0.05) is 23.8 Å². The number of aryl methyl sites for hydroxylation is 2. The number of aromatic nitrogens is 2. The van der Waals surface area contributed by atoms with Gasteiger partial charge in [0.1, 0.15) is 22.6 Å². The Balaban J connectivity index is 0.946. The summed E-state index contributed by atoms with van der Waals surface area (Å²) in [4.78, 5) is 32.9. The van der Waals surface area contributed by atoms with Crippen molar-refractivity contribution in [3.8, 4) is 22.6 Å². The van der Waals surface area contributed by atoms with Crippen molar-refractivity contribution in [1.29, 1.82) is 0 Å². The van der Waals surface area contributed by atoms with Gasteiger partial charge in [0.15, 0.2) is 0 Å². The van der Waals surface area contributed by atoms with Crippen LogP contribution in [0.25, 0.3) is 22.0 Å². The number of hydrogen-bond acceptors (Lipinski definition) is 9. The summed E-state index contributed by atoms with van der Waals surface area (Å²) in [5.74, 6) is 1.78. The van der Waals surface area contributed by atoms with E-state index in [0.29, 0.717) is 45.0 Å². The molecule has 3 aliphatic rings. The van der Waals surface area contributed by atoms with E-state index in [1.54, 1.807) is 61.8 Å². The van der Waals surface area contributed by atoms with E-state index in [1.807, 2.05) is 50.8 Å². The molecule has 0 aliphatic carbocycles. The van der Waals surface area contributed by atoms with E-state index >= 15 is 0 Å². The molecule has 0 atom stereocenters. The largest absolute Gasteiger partial charge is 0.457 e. The lowest BCUT2D eigenvalue weighted by molar-refractivity contribution is -0.0368. The normalized spacial score (nSPS) is 17.5. The van der Waals surface area contributed by atoms with Crippen LogP contribution in [0.5, 0.6) is 11.5 Å². The van der Waals surface area contributed by atoms with Crippen LogP contribution >= 0.6 is 0 Å². The summed E-state index contributed by atoms with van der Waals surface area (Å²) in [7, 11) is -2.45. The molecular weight excluding hydrogens is 729 g/mol. The van der Waals surface area contributed by atoms with Gasteiger partial charge in [0.05, 0.1) is 4.90 Å². The third-order valence-corrected chi connectivity index (χ3v) is 12.9. The Morgan fingerprint density at radius 2 is 1.64 bits per heavy atom. The number of carbonyl (C=O) groups excluding carboxylic acids is 1. The van der Waals surface area contributed by atoms with E-state index in [4.69, 9.17) is 15.2 Å². The standard InChI is InChI=1S/C43H50N6O6S/c1-29-9-12-34(13-10-29)56(52,53)49-20-17-35-37(24-45(5)40(50)39(35)49)36-21-31(44)11-14-38(36)54-33-8-6-7-32(22-33)48-27-43(28-48)25-46(26-43)23-30-15-18-47(19-16-30)41(51)55-42(2,3)4/h6-14,17,20-22,24,30H,15-16,18-19,23,25-28,44H2,1-5H3. The number of benzene rings is 3. The number of fused-ring (bicyclic) bond motifs is 1. The fourth-order valence-corrected chi connectivity index (χ4v) is 9.80. The molecule has 56 heavy (non-hydrogen) atoms. The first-order chi connectivity index (χ1) is 26.6. The maximum atomic E-state index is 13.8. The number of piperidine rings is 1. The fraction of sp³-hybridized carbons (Fsp3) is 0.395. The number of nitrogens with zero attached hydrogens (tertiary/aromatic N) is 5. The highest BCUT2D eigenvalue weighted by Crippen LogP contribution is 2.44. The minimum atomic E-state index is -4.06. The predicted octanol–water partition coefficient (Wildman–Crippen LogP) is 6.70. The number of likely N-dealkylation sites (tertiary alicyclic amines) is 2. The summed E-state index contributed by atoms with van der Waals surface area (Å²) < 4.78 is 42.1. The number of nitrogen functional groups attached to an aromatic ring is 1. The minimum Gasteiger partial charge on any atom is -0.457 e. The van der Waals surface area contributed by atoms with E-state index in [9.17, 15) is 18.0 Å². The molecule has 5 heterocycles. The molecule has 2 aromatic heterocycles. The summed E-state index contributed by atoms with van der Waals surface area (Å²) in [5, 5.41) is 0.472. The van der Waals surface area contributed by atoms with Crippen molar-refractivity contribution in [1.82, 2.24) is 18.3 Å². The zero-order valence-corrected chi connectivity index (χ0v) is 33.5. The zero-order chi connectivity index (χ0) is 39.6. The van der Waals surface area contributed by atoms with Crippen molar-refractivity contribution >= 4 is 38.4 Å². The highest BCUT2D eigenvalue weighted by atomic mass is 32.2. The third kappa shape index (κ3) is 7.25. The lowest BCUT2D eigenvalue weighted by Crippen LogP contribution is -2.72. The van der Waals surface area contributed by atoms with Gasteiger partial charge in [0, 0.05) is 105 Å². The predicted molar refractivity (Wildman–Crippen MR) is 219 cm³/mol. The van der Waals surface area contributed by atoms with Crippen LogP contribution in [-0.2, 0) is 21.8 Å². The smallest absolute Gasteiger partial charge is 0.410 e. The summed E-state index contributed by atoms with van der Waals surface area (Å²) in [5.41, 5.74) is 9.51. The van der Waals surface area contributed by atoms with Crippen LogP contribution in [-0.4, -0.2) is 84.3 Å². The first-order valence-corrected chi connectivity index (χ1v) is 20.7. The van der Waals surface area contributed by atoms with Crippen LogP contribution in [0.3, 0.4) is 0 Å². The summed E-state index contributed by atoms with van der Waals surface area (Å²) >= 11 is 0. The maximum Gasteiger partial charge on any atom is 0.410 e. The van der Waals surface area contributed by atoms with E-state index < -0.39 is 21.2 Å². The quantitative estimate of drug-likeness (QED) is 0.171. The highest BCUT2D eigenvalue weighted by Gasteiger charge is 2.52. The van der Waals surface area contributed by atoms with Crippen LogP contribution in [0, 0.1) is 18.3 Å². The van der Waals surface area contributed by atoms with Gasteiger partial charge in [0.25, 0.3) is 15.6 Å². The second-order valence-corrected chi connectivity index (χ2v) is 18.8. The lowest BCUT2D eigenvalue weighted by Gasteiger charge is -2.61. The Morgan fingerprint density at radius 1 is 0.929 bits per heavy atom. The first-order valence-electron chi connectivity index (χ1n) is 19.2. The average molecular weight is 779 g/mol. The average Bonchev–Trinajstić information content (AvgIpc) is 3.58. The maximum absolute atomic E-state index is 13.8. The molecule has 1 spiro atoms. The van der Waals surface area contributed by atoms with Crippen LogP contribution in [0.1, 0.15) is 39.2 Å². The van der Waals surface area contributed by atoms with Gasteiger partial charge >= 0.3 is 6.09 Å². The molecule has 0 bridgehead atoms. The number of rotatable bonds is 8. The molecule has 3 saturated heterocycles. The SMILES string of the molecule is Cc1ccc(S(=O)(=O)n2ccc3c(-c4cc(N)ccc4Oc4cccc(N5CC6(CN(CC7CCN(C(=O)OC(C)(C)C)CC7)C6)C5)c4)cn(C)c(=O)c32)cc1. The number of pyridine rings is 1. The molecule has 5 aromatic rings. The molecule has 3 fully saturated rings. The topological polar surface area (TPSA) is 132 Å². The van der Waals surface area contributed by atoms with E-state index in [2.05, 4.69) is 15.9 Å². The number of ether oxygens (including phenoxy) is 2. The van der Waals surface area contributed by atoms with Gasteiger partial charge in [-0.3, -0.25) is 4.79 Å². The monoisotopic (exact) mass is 778 g/mol. The summed E-state index contributed by atoms with van der Waals surface area (Å²) in [6.45, 7) is 14.3. The molecule has 0 unspecified atom stereocenters. The van der Waals surface area contributed by atoms with Gasteiger partial charge < -0.3 is 34.5 Å². The second-order valence-electron chi connectivity index (χ2n) is 16.9. The summed E-state index contributed by atoms with van der Waals surface area (Å²) in [6, 6.07) is 21.6. The van der Waals surface area contributed by atoms with Crippen molar-refractivity contribution in [3.63, 3.8) is 0 Å². The second kappa shape index (κ2) is 14.0. The molecular formula is C43H50N6O6S. The molecule has 2 N–H and O–H groups in total. The number of carbonyl (C=O) groups is 1. The number of anilines is 2. The van der Waals surface area contributed by atoms with Crippen LogP contribution in [0.15, 0.2) is 94.9 Å². The molecule has 12 nitrogen and oxygen atoms in total.